The predicted octanol–water partition coefficient (Wildman–Crippen LogP) is 3.07. The van der Waals surface area contributed by atoms with Gasteiger partial charge in [-0.2, -0.15) is 0 Å². The molecule has 6 heteroatoms. The average molecular weight is 366 g/mol. The smallest absolute Gasteiger partial charge is 0.191 e. The highest BCUT2D eigenvalue weighted by molar-refractivity contribution is 5.24. The lowest BCUT2D eigenvalue weighted by atomic mass is 9.94. The molecule has 4 atom stereocenters. The summed E-state index contributed by atoms with van der Waals surface area (Å²) in [5.74, 6) is -1.07. The van der Waals surface area contributed by atoms with Gasteiger partial charge < -0.3 is 28.4 Å². The Balaban J connectivity index is 1.48. The third-order valence-electron chi connectivity index (χ3n) is 5.50. The molecule has 0 aromatic heterocycles. The molecule has 1 saturated carbocycles. The van der Waals surface area contributed by atoms with E-state index in [1.54, 1.807) is 6.08 Å². The predicted molar refractivity (Wildman–Crippen MR) is 94.4 cm³/mol. The zero-order valence-electron chi connectivity index (χ0n) is 15.8. The quantitative estimate of drug-likeness (QED) is 0.551. The lowest BCUT2D eigenvalue weighted by Gasteiger charge is -2.32. The van der Waals surface area contributed by atoms with E-state index in [9.17, 15) is 0 Å². The van der Waals surface area contributed by atoms with Gasteiger partial charge in [0, 0.05) is 12.8 Å². The summed E-state index contributed by atoms with van der Waals surface area (Å²) in [6, 6.07) is 0. The molecule has 0 unspecified atom stereocenters. The van der Waals surface area contributed by atoms with E-state index < -0.39 is 17.9 Å². The van der Waals surface area contributed by atoms with Crippen LogP contribution in [0.3, 0.4) is 0 Å². The Morgan fingerprint density at radius 2 is 1.88 bits per heavy atom. The van der Waals surface area contributed by atoms with Crippen LogP contribution < -0.4 is 0 Å². The Bertz CT molecular complexity index is 551. The van der Waals surface area contributed by atoms with Gasteiger partial charge in [0.1, 0.15) is 18.3 Å². The summed E-state index contributed by atoms with van der Waals surface area (Å²) in [6.45, 7) is 9.02. The Morgan fingerprint density at radius 1 is 1.08 bits per heavy atom. The molecule has 146 valence electrons. The first kappa shape index (κ1) is 18.6. The lowest BCUT2D eigenvalue weighted by Crippen LogP contribution is -2.37. The molecule has 1 aliphatic carbocycles. The second kappa shape index (κ2) is 7.34. The Kier molecular flexibility index (Phi) is 5.25. The van der Waals surface area contributed by atoms with Crippen molar-refractivity contribution in [1.82, 2.24) is 0 Å². The van der Waals surface area contributed by atoms with Gasteiger partial charge in [0.2, 0.25) is 0 Å². The molecular weight excluding hydrogens is 336 g/mol. The molecule has 0 radical (unpaired) electrons. The fourth-order valence-corrected chi connectivity index (χ4v) is 4.36. The second-order valence-corrected chi connectivity index (χ2v) is 7.95. The van der Waals surface area contributed by atoms with Crippen molar-refractivity contribution in [2.24, 2.45) is 0 Å². The zero-order chi connectivity index (χ0) is 18.2. The maximum Gasteiger partial charge on any atom is 0.191 e. The molecular formula is C20H30O6. The van der Waals surface area contributed by atoms with Crippen LogP contribution in [0.25, 0.3) is 0 Å². The highest BCUT2D eigenvalue weighted by Gasteiger charge is 2.56. The van der Waals surface area contributed by atoms with Gasteiger partial charge in [0.25, 0.3) is 0 Å². The van der Waals surface area contributed by atoms with Gasteiger partial charge in [-0.05, 0) is 32.3 Å². The number of rotatable bonds is 5. The van der Waals surface area contributed by atoms with E-state index in [1.807, 2.05) is 19.9 Å². The molecule has 4 aliphatic rings. The summed E-state index contributed by atoms with van der Waals surface area (Å²) >= 11 is 0. The van der Waals surface area contributed by atoms with Crippen LogP contribution >= 0.6 is 0 Å². The maximum absolute atomic E-state index is 6.39. The maximum atomic E-state index is 6.39. The van der Waals surface area contributed by atoms with Crippen molar-refractivity contribution >= 4 is 0 Å². The summed E-state index contributed by atoms with van der Waals surface area (Å²) in [4.78, 5) is 0. The number of hydrogen-bond donors (Lipinski definition) is 0. The number of ether oxygens (including phenoxy) is 6. The first-order valence-electron chi connectivity index (χ1n) is 9.73. The van der Waals surface area contributed by atoms with Crippen LogP contribution in [0.15, 0.2) is 24.3 Å². The van der Waals surface area contributed by atoms with E-state index in [1.165, 1.54) is 6.42 Å². The topological polar surface area (TPSA) is 55.4 Å². The van der Waals surface area contributed by atoms with Gasteiger partial charge in [0.15, 0.2) is 17.9 Å². The highest BCUT2D eigenvalue weighted by Crippen LogP contribution is 2.45. The fourth-order valence-electron chi connectivity index (χ4n) is 4.36. The molecule has 0 aromatic carbocycles. The number of fused-ring (bicyclic) bond motifs is 1. The second-order valence-electron chi connectivity index (χ2n) is 7.95. The van der Waals surface area contributed by atoms with Crippen LogP contribution in [0.4, 0.5) is 0 Å². The minimum atomic E-state index is -0.654. The molecule has 26 heavy (non-hydrogen) atoms. The van der Waals surface area contributed by atoms with E-state index in [0.29, 0.717) is 19.8 Å². The molecule has 0 amide bonds. The molecule has 0 bridgehead atoms. The summed E-state index contributed by atoms with van der Waals surface area (Å²) < 4.78 is 36.3. The largest absolute Gasteiger partial charge is 0.373 e. The molecule has 4 rings (SSSR count). The normalized spacial score (nSPS) is 39.5. The Morgan fingerprint density at radius 3 is 2.65 bits per heavy atom. The van der Waals surface area contributed by atoms with Gasteiger partial charge in [-0.1, -0.05) is 18.6 Å². The van der Waals surface area contributed by atoms with Crippen LogP contribution in [0, 0.1) is 0 Å². The van der Waals surface area contributed by atoms with E-state index in [4.69, 9.17) is 28.4 Å². The molecule has 6 nitrogen and oxygen atoms in total. The third-order valence-corrected chi connectivity index (χ3v) is 5.50. The zero-order valence-corrected chi connectivity index (χ0v) is 15.8. The Labute approximate surface area is 155 Å². The molecule has 3 saturated heterocycles. The van der Waals surface area contributed by atoms with E-state index in [0.717, 1.165) is 31.3 Å². The molecule has 3 aliphatic heterocycles. The summed E-state index contributed by atoms with van der Waals surface area (Å²) in [6.07, 6.45) is 8.27. The van der Waals surface area contributed by atoms with Crippen molar-refractivity contribution in [2.45, 2.75) is 82.1 Å². The SMILES string of the molecule is C=CCOC/C=C1/[C@H]2OC(C)(C)O[C@H]2O[C@@H]1[C@H]1COC2(CCCCC2)O1. The summed E-state index contributed by atoms with van der Waals surface area (Å²) in [5.41, 5.74) is 1.03. The number of hydrogen-bond acceptors (Lipinski definition) is 6. The fraction of sp³-hybridized carbons (Fsp3) is 0.800. The third kappa shape index (κ3) is 3.63. The highest BCUT2D eigenvalue weighted by atomic mass is 16.8. The monoisotopic (exact) mass is 366 g/mol. The standard InChI is InChI=1S/C20H30O6/c1-4-11-21-12-8-14-16(23-18-17(14)25-19(2,3)26-18)15-13-22-20(24-15)9-6-5-7-10-20/h4,8,15-18H,1,5-7,9-13H2,2-3H3/b14-8+/t15-,16+,17-,18-/m1/s1. The van der Waals surface area contributed by atoms with E-state index in [-0.39, 0.29) is 18.3 Å². The van der Waals surface area contributed by atoms with Crippen LogP contribution in [0.5, 0.6) is 0 Å². The van der Waals surface area contributed by atoms with Crippen molar-refractivity contribution in [3.8, 4) is 0 Å². The van der Waals surface area contributed by atoms with E-state index >= 15 is 0 Å². The van der Waals surface area contributed by atoms with Crippen molar-refractivity contribution in [1.29, 1.82) is 0 Å². The molecule has 4 fully saturated rings. The Hall–Kier alpha value is -0.760. The van der Waals surface area contributed by atoms with Crippen LogP contribution in [-0.2, 0) is 28.4 Å². The van der Waals surface area contributed by atoms with Gasteiger partial charge in [-0.15, -0.1) is 6.58 Å². The minimum absolute atomic E-state index is 0.139. The molecule has 1 spiro atoms. The van der Waals surface area contributed by atoms with Crippen LogP contribution in [0.1, 0.15) is 46.0 Å². The first-order valence-corrected chi connectivity index (χ1v) is 9.73. The van der Waals surface area contributed by atoms with Gasteiger partial charge in [-0.3, -0.25) is 0 Å². The van der Waals surface area contributed by atoms with Crippen molar-refractivity contribution in [2.75, 3.05) is 19.8 Å². The van der Waals surface area contributed by atoms with Gasteiger partial charge in [-0.25, -0.2) is 0 Å². The van der Waals surface area contributed by atoms with Crippen LogP contribution in [0.2, 0.25) is 0 Å². The first-order chi connectivity index (χ1) is 12.5. The van der Waals surface area contributed by atoms with Crippen molar-refractivity contribution in [3.63, 3.8) is 0 Å². The molecule has 0 N–H and O–H groups in total. The molecule has 3 heterocycles. The van der Waals surface area contributed by atoms with Crippen molar-refractivity contribution in [3.05, 3.63) is 24.3 Å². The van der Waals surface area contributed by atoms with Crippen LogP contribution in [-0.4, -0.2) is 56.0 Å². The van der Waals surface area contributed by atoms with Gasteiger partial charge >= 0.3 is 0 Å². The van der Waals surface area contributed by atoms with Crippen molar-refractivity contribution < 1.29 is 28.4 Å². The summed E-state index contributed by atoms with van der Waals surface area (Å²) in [5, 5.41) is 0. The molecule has 0 aromatic rings. The average Bonchev–Trinajstić information content (AvgIpc) is 3.23. The lowest BCUT2D eigenvalue weighted by molar-refractivity contribution is -0.224. The van der Waals surface area contributed by atoms with Gasteiger partial charge in [0.05, 0.1) is 19.8 Å². The minimum Gasteiger partial charge on any atom is -0.373 e. The van der Waals surface area contributed by atoms with E-state index in [2.05, 4.69) is 6.58 Å². The summed E-state index contributed by atoms with van der Waals surface area (Å²) in [7, 11) is 0.